The average molecular weight is 315 g/mol. The summed E-state index contributed by atoms with van der Waals surface area (Å²) in [4.78, 5) is 2.33. The highest BCUT2D eigenvalue weighted by atomic mass is 19.1. The molecule has 3 rings (SSSR count). The van der Waals surface area contributed by atoms with Gasteiger partial charge in [0.05, 0.1) is 11.4 Å². The summed E-state index contributed by atoms with van der Waals surface area (Å²) in [6, 6.07) is 10.6. The van der Waals surface area contributed by atoms with Crippen LogP contribution < -0.4 is 0 Å². The quantitative estimate of drug-likeness (QED) is 0.850. The van der Waals surface area contributed by atoms with Crippen LogP contribution in [0.5, 0.6) is 0 Å². The Balaban J connectivity index is 1.66. The lowest BCUT2D eigenvalue weighted by atomic mass is 9.93. The van der Waals surface area contributed by atoms with Crippen molar-refractivity contribution in [2.24, 2.45) is 0 Å². The van der Waals surface area contributed by atoms with Gasteiger partial charge < -0.3 is 0 Å². The van der Waals surface area contributed by atoms with Gasteiger partial charge in [-0.15, -0.1) is 0 Å². The summed E-state index contributed by atoms with van der Waals surface area (Å²) in [6.07, 6.45) is 2.74. The highest BCUT2D eigenvalue weighted by molar-refractivity contribution is 5.34. The molecule has 23 heavy (non-hydrogen) atoms. The van der Waals surface area contributed by atoms with Gasteiger partial charge >= 0.3 is 0 Å². The van der Waals surface area contributed by atoms with E-state index >= 15 is 0 Å². The Bertz CT molecular complexity index is 631. The molecular weight excluding hydrogens is 289 g/mol. The zero-order chi connectivity index (χ0) is 16.4. The van der Waals surface area contributed by atoms with Crippen molar-refractivity contribution < 1.29 is 4.39 Å². The van der Waals surface area contributed by atoms with Gasteiger partial charge in [-0.3, -0.25) is 4.90 Å². The lowest BCUT2D eigenvalue weighted by molar-refractivity contribution is 0.145. The van der Waals surface area contributed by atoms with Crippen LogP contribution in [0.1, 0.15) is 44.9 Å². The van der Waals surface area contributed by atoms with E-state index in [1.165, 1.54) is 5.56 Å². The van der Waals surface area contributed by atoms with E-state index in [-0.39, 0.29) is 5.41 Å². The van der Waals surface area contributed by atoms with Gasteiger partial charge in [0.2, 0.25) is 0 Å². The molecule has 0 unspecified atom stereocenters. The summed E-state index contributed by atoms with van der Waals surface area (Å²) in [6.45, 7) is 9.13. The molecule has 124 valence electrons. The maximum atomic E-state index is 13.2. The third-order valence-electron chi connectivity index (χ3n) is 4.48. The number of piperidine rings is 1. The zero-order valence-electron chi connectivity index (χ0n) is 14.3. The molecule has 1 aliphatic heterocycles. The predicted molar refractivity (Wildman–Crippen MR) is 91.7 cm³/mol. The van der Waals surface area contributed by atoms with E-state index in [0.717, 1.165) is 31.0 Å². The third kappa shape index (κ3) is 3.99. The molecule has 0 N–H and O–H groups in total. The Morgan fingerprint density at radius 3 is 2.30 bits per heavy atom. The van der Waals surface area contributed by atoms with Gasteiger partial charge in [0.1, 0.15) is 6.17 Å². The molecule has 0 atom stereocenters. The summed E-state index contributed by atoms with van der Waals surface area (Å²) in [5, 5.41) is 4.67. The number of hydrogen-bond acceptors (Lipinski definition) is 2. The Morgan fingerprint density at radius 1 is 1.09 bits per heavy atom. The van der Waals surface area contributed by atoms with Crippen molar-refractivity contribution in [1.82, 2.24) is 14.7 Å². The molecule has 1 fully saturated rings. The first-order valence-corrected chi connectivity index (χ1v) is 8.44. The Kier molecular flexibility index (Phi) is 4.53. The van der Waals surface area contributed by atoms with Crippen LogP contribution in [0, 0.1) is 0 Å². The van der Waals surface area contributed by atoms with Gasteiger partial charge in [0.25, 0.3) is 0 Å². The van der Waals surface area contributed by atoms with Crippen LogP contribution in [-0.4, -0.2) is 33.9 Å². The zero-order valence-corrected chi connectivity index (χ0v) is 14.3. The number of alkyl halides is 1. The van der Waals surface area contributed by atoms with Crippen molar-refractivity contribution in [1.29, 1.82) is 0 Å². The Hall–Kier alpha value is -1.68. The van der Waals surface area contributed by atoms with Crippen LogP contribution >= 0.6 is 0 Å². The van der Waals surface area contributed by atoms with E-state index in [9.17, 15) is 4.39 Å². The second-order valence-corrected chi connectivity index (χ2v) is 7.51. The number of hydrogen-bond donors (Lipinski definition) is 0. The summed E-state index contributed by atoms with van der Waals surface area (Å²) < 4.78 is 15.1. The Labute approximate surface area is 138 Å². The highest BCUT2D eigenvalue weighted by Crippen LogP contribution is 2.21. The van der Waals surface area contributed by atoms with Gasteiger partial charge in [-0.2, -0.15) is 5.10 Å². The lowest BCUT2D eigenvalue weighted by Gasteiger charge is -2.28. The number of benzene rings is 1. The molecular formula is C19H26FN3. The molecule has 2 heterocycles. The summed E-state index contributed by atoms with van der Waals surface area (Å²) in [7, 11) is 0. The van der Waals surface area contributed by atoms with Crippen molar-refractivity contribution in [2.75, 3.05) is 13.1 Å². The monoisotopic (exact) mass is 315 g/mol. The number of halogens is 1. The van der Waals surface area contributed by atoms with Crippen molar-refractivity contribution in [2.45, 2.75) is 51.7 Å². The molecule has 0 bridgehead atoms. The number of likely N-dealkylation sites (tertiary alicyclic amines) is 1. The van der Waals surface area contributed by atoms with Crippen LogP contribution in [0.2, 0.25) is 0 Å². The molecule has 2 aromatic rings. The van der Waals surface area contributed by atoms with Crippen LogP contribution in [0.25, 0.3) is 5.69 Å². The first kappa shape index (κ1) is 16.2. The topological polar surface area (TPSA) is 21.1 Å². The molecule has 3 nitrogen and oxygen atoms in total. The molecule has 0 radical (unpaired) electrons. The maximum absolute atomic E-state index is 13.2. The summed E-state index contributed by atoms with van der Waals surface area (Å²) in [5.41, 5.74) is 3.50. The average Bonchev–Trinajstić information content (AvgIpc) is 3.00. The fraction of sp³-hybridized carbons (Fsp3) is 0.526. The molecule has 1 aromatic heterocycles. The summed E-state index contributed by atoms with van der Waals surface area (Å²) in [5.74, 6) is 0. The first-order chi connectivity index (χ1) is 10.9. The smallest absolute Gasteiger partial charge is 0.103 e. The normalized spacial score (nSPS) is 17.6. The van der Waals surface area contributed by atoms with E-state index < -0.39 is 6.17 Å². The molecule has 1 saturated heterocycles. The van der Waals surface area contributed by atoms with Gasteiger partial charge in [-0.1, -0.05) is 32.9 Å². The fourth-order valence-electron chi connectivity index (χ4n) is 2.94. The number of aromatic nitrogens is 2. The minimum Gasteiger partial charge on any atom is -0.299 e. The minimum absolute atomic E-state index is 0.0632. The second kappa shape index (κ2) is 6.44. The Morgan fingerprint density at radius 2 is 1.74 bits per heavy atom. The molecule has 0 saturated carbocycles. The summed E-state index contributed by atoms with van der Waals surface area (Å²) >= 11 is 0. The van der Waals surface area contributed by atoms with E-state index in [1.54, 1.807) is 0 Å². The van der Waals surface area contributed by atoms with Crippen molar-refractivity contribution >= 4 is 0 Å². The molecule has 1 aliphatic rings. The lowest BCUT2D eigenvalue weighted by Crippen LogP contribution is -2.33. The van der Waals surface area contributed by atoms with E-state index in [4.69, 9.17) is 0 Å². The molecule has 0 spiro atoms. The van der Waals surface area contributed by atoms with E-state index in [1.807, 2.05) is 10.9 Å². The van der Waals surface area contributed by atoms with Gasteiger partial charge in [0.15, 0.2) is 0 Å². The van der Waals surface area contributed by atoms with Gasteiger partial charge in [-0.25, -0.2) is 9.07 Å². The molecule has 0 amide bonds. The van der Waals surface area contributed by atoms with Crippen LogP contribution in [-0.2, 0) is 12.0 Å². The van der Waals surface area contributed by atoms with Crippen molar-refractivity contribution in [3.8, 4) is 5.69 Å². The SMILES string of the molecule is CC(C)(C)c1ccn(-c2ccc(CN3CCC(F)CC3)cc2)n1. The molecule has 1 aromatic carbocycles. The van der Waals surface area contributed by atoms with Gasteiger partial charge in [-0.05, 0) is 36.6 Å². The van der Waals surface area contributed by atoms with E-state index in [2.05, 4.69) is 61.1 Å². The van der Waals surface area contributed by atoms with Crippen LogP contribution in [0.4, 0.5) is 4.39 Å². The largest absolute Gasteiger partial charge is 0.299 e. The fourth-order valence-corrected chi connectivity index (χ4v) is 2.94. The minimum atomic E-state index is -0.606. The molecule has 0 aliphatic carbocycles. The first-order valence-electron chi connectivity index (χ1n) is 8.44. The number of nitrogens with zero attached hydrogens (tertiary/aromatic N) is 3. The van der Waals surface area contributed by atoms with E-state index in [0.29, 0.717) is 12.8 Å². The molecule has 4 heteroatoms. The van der Waals surface area contributed by atoms with Crippen molar-refractivity contribution in [3.63, 3.8) is 0 Å². The predicted octanol–water partition coefficient (Wildman–Crippen LogP) is 4.10. The standard InChI is InChI=1S/C19H26FN3/c1-19(2,3)18-10-13-23(21-18)17-6-4-15(5-7-17)14-22-11-8-16(20)9-12-22/h4-7,10,13,16H,8-9,11-12,14H2,1-3H3. The van der Waals surface area contributed by atoms with Crippen LogP contribution in [0.3, 0.4) is 0 Å². The number of rotatable bonds is 3. The highest BCUT2D eigenvalue weighted by Gasteiger charge is 2.19. The third-order valence-corrected chi connectivity index (χ3v) is 4.48. The van der Waals surface area contributed by atoms with Gasteiger partial charge in [0, 0.05) is 31.2 Å². The van der Waals surface area contributed by atoms with Crippen molar-refractivity contribution in [3.05, 3.63) is 47.8 Å². The second-order valence-electron chi connectivity index (χ2n) is 7.51. The van der Waals surface area contributed by atoms with Crippen LogP contribution in [0.15, 0.2) is 36.5 Å². The maximum Gasteiger partial charge on any atom is 0.103 e.